The van der Waals surface area contributed by atoms with Crippen molar-refractivity contribution in [3.63, 3.8) is 0 Å². The number of aromatic nitrogens is 1. The molecule has 1 aromatic heterocycles. The molecule has 1 aliphatic heterocycles. The minimum absolute atomic E-state index is 0.381. The van der Waals surface area contributed by atoms with E-state index in [1.54, 1.807) is 12.3 Å². The highest BCUT2D eigenvalue weighted by Gasteiger charge is 2.11. The van der Waals surface area contributed by atoms with Gasteiger partial charge in [0.15, 0.2) is 21.8 Å². The van der Waals surface area contributed by atoms with Crippen molar-refractivity contribution in [3.05, 3.63) is 47.2 Å². The molecule has 2 heterocycles. The molecule has 0 aliphatic carbocycles. The lowest BCUT2D eigenvalue weighted by atomic mass is 10.2. The Hall–Kier alpha value is -2.05. The Bertz CT molecular complexity index is 696. The van der Waals surface area contributed by atoms with Crippen LogP contribution >= 0.6 is 23.8 Å². The highest BCUT2D eigenvalue weighted by molar-refractivity contribution is 7.80. The summed E-state index contributed by atoms with van der Waals surface area (Å²) in [5.74, 6) is 1.54. The molecule has 3 rings (SSSR count). The molecule has 1 aromatic carbocycles. The number of rotatable bonds is 3. The molecule has 0 fully saturated rings. The lowest BCUT2D eigenvalue weighted by Gasteiger charge is -2.19. The van der Waals surface area contributed by atoms with Crippen LogP contribution in [0.15, 0.2) is 36.5 Å². The molecule has 1 aliphatic rings. The van der Waals surface area contributed by atoms with Gasteiger partial charge in [-0.05, 0) is 42.0 Å². The Kier molecular flexibility index (Phi) is 4.60. The molecule has 2 aromatic rings. The van der Waals surface area contributed by atoms with Crippen LogP contribution in [-0.2, 0) is 6.54 Å². The van der Waals surface area contributed by atoms with Gasteiger partial charge in [-0.3, -0.25) is 0 Å². The van der Waals surface area contributed by atoms with Crippen LogP contribution in [0.25, 0.3) is 0 Å². The maximum absolute atomic E-state index is 5.97. The smallest absolute Gasteiger partial charge is 0.171 e. The first-order valence-corrected chi connectivity index (χ1v) is 7.55. The molecule has 0 atom stereocenters. The number of hydrogen-bond donors (Lipinski definition) is 2. The minimum atomic E-state index is 0.381. The summed E-state index contributed by atoms with van der Waals surface area (Å²) in [6.45, 7) is 1.73. The third-order valence-corrected chi connectivity index (χ3v) is 3.61. The van der Waals surface area contributed by atoms with Crippen molar-refractivity contribution in [1.29, 1.82) is 0 Å². The van der Waals surface area contributed by atoms with Crippen molar-refractivity contribution in [2.75, 3.05) is 18.5 Å². The third kappa shape index (κ3) is 3.58. The lowest BCUT2D eigenvalue weighted by molar-refractivity contribution is 0.171. The van der Waals surface area contributed by atoms with Gasteiger partial charge in [-0.15, -0.1) is 0 Å². The molecule has 0 unspecified atom stereocenters. The van der Waals surface area contributed by atoms with Gasteiger partial charge in [-0.2, -0.15) is 0 Å². The molecule has 114 valence electrons. The summed E-state index contributed by atoms with van der Waals surface area (Å²) in [6, 6.07) is 9.42. The van der Waals surface area contributed by atoms with Gasteiger partial charge in [0.2, 0.25) is 0 Å². The standard InChI is InChI=1S/C15H14ClN3O2S/c16-14-11(2-1-5-17-14)19-15(22)18-9-10-3-4-12-13(8-10)21-7-6-20-12/h1-5,8H,6-7,9H2,(H2,18,19,22). The molecule has 0 radical (unpaired) electrons. The predicted octanol–water partition coefficient (Wildman–Crippen LogP) is 2.99. The van der Waals surface area contributed by atoms with Crippen molar-refractivity contribution in [1.82, 2.24) is 10.3 Å². The van der Waals surface area contributed by atoms with Gasteiger partial charge in [0, 0.05) is 12.7 Å². The van der Waals surface area contributed by atoms with E-state index < -0.39 is 0 Å². The van der Waals surface area contributed by atoms with E-state index in [1.165, 1.54) is 0 Å². The van der Waals surface area contributed by atoms with Crippen LogP contribution in [-0.4, -0.2) is 23.3 Å². The zero-order valence-corrected chi connectivity index (χ0v) is 13.2. The van der Waals surface area contributed by atoms with Gasteiger partial charge >= 0.3 is 0 Å². The first kappa shape index (κ1) is 14.9. The van der Waals surface area contributed by atoms with E-state index in [4.69, 9.17) is 33.3 Å². The van der Waals surface area contributed by atoms with Crippen LogP contribution in [0.5, 0.6) is 11.5 Å². The number of ether oxygens (including phenoxy) is 2. The van der Waals surface area contributed by atoms with E-state index in [-0.39, 0.29) is 0 Å². The number of hydrogen-bond acceptors (Lipinski definition) is 4. The van der Waals surface area contributed by atoms with Gasteiger partial charge in [-0.1, -0.05) is 17.7 Å². The highest BCUT2D eigenvalue weighted by Crippen LogP contribution is 2.30. The number of nitrogens with zero attached hydrogens (tertiary/aromatic N) is 1. The summed E-state index contributed by atoms with van der Waals surface area (Å²) in [7, 11) is 0. The molecule has 5 nitrogen and oxygen atoms in total. The minimum Gasteiger partial charge on any atom is -0.486 e. The van der Waals surface area contributed by atoms with E-state index >= 15 is 0 Å². The number of thiocarbonyl (C=S) groups is 1. The van der Waals surface area contributed by atoms with Crippen LogP contribution in [0.4, 0.5) is 5.69 Å². The van der Waals surface area contributed by atoms with E-state index in [1.807, 2.05) is 24.3 Å². The largest absolute Gasteiger partial charge is 0.486 e. The van der Waals surface area contributed by atoms with Gasteiger partial charge in [0.05, 0.1) is 5.69 Å². The molecule has 0 bridgehead atoms. The molecule has 7 heteroatoms. The van der Waals surface area contributed by atoms with Crippen LogP contribution in [0.3, 0.4) is 0 Å². The fourth-order valence-corrected chi connectivity index (χ4v) is 2.37. The Morgan fingerprint density at radius 2 is 2.05 bits per heavy atom. The van der Waals surface area contributed by atoms with Crippen LogP contribution in [0.1, 0.15) is 5.56 Å². The van der Waals surface area contributed by atoms with Crippen LogP contribution in [0, 0.1) is 0 Å². The van der Waals surface area contributed by atoms with Crippen molar-refractivity contribution in [3.8, 4) is 11.5 Å². The Balaban J connectivity index is 1.58. The van der Waals surface area contributed by atoms with Gasteiger partial charge < -0.3 is 20.1 Å². The lowest BCUT2D eigenvalue weighted by Crippen LogP contribution is -2.28. The first-order chi connectivity index (χ1) is 10.7. The molecule has 0 saturated carbocycles. The fourth-order valence-electron chi connectivity index (χ4n) is 2.03. The fraction of sp³-hybridized carbons (Fsp3) is 0.200. The zero-order valence-electron chi connectivity index (χ0n) is 11.6. The second-order valence-electron chi connectivity index (χ2n) is 4.63. The number of anilines is 1. The van der Waals surface area contributed by atoms with E-state index in [0.717, 1.165) is 17.1 Å². The maximum Gasteiger partial charge on any atom is 0.171 e. The van der Waals surface area contributed by atoms with Gasteiger partial charge in [0.1, 0.15) is 13.2 Å². The van der Waals surface area contributed by atoms with E-state index in [9.17, 15) is 0 Å². The summed E-state index contributed by atoms with van der Waals surface area (Å²) in [5.41, 5.74) is 1.72. The normalized spacial score (nSPS) is 12.6. The van der Waals surface area contributed by atoms with Gasteiger partial charge in [0.25, 0.3) is 0 Å². The Morgan fingerprint density at radius 1 is 1.23 bits per heavy atom. The highest BCUT2D eigenvalue weighted by atomic mass is 35.5. The second-order valence-corrected chi connectivity index (χ2v) is 5.39. The second kappa shape index (κ2) is 6.81. The van der Waals surface area contributed by atoms with Crippen LogP contribution in [0.2, 0.25) is 5.15 Å². The van der Waals surface area contributed by atoms with Crippen molar-refractivity contribution in [2.24, 2.45) is 0 Å². The molecular weight excluding hydrogens is 322 g/mol. The summed E-state index contributed by atoms with van der Waals surface area (Å²) >= 11 is 11.2. The quantitative estimate of drug-likeness (QED) is 0.664. The monoisotopic (exact) mass is 335 g/mol. The summed E-state index contributed by atoms with van der Waals surface area (Å²) < 4.78 is 11.0. The van der Waals surface area contributed by atoms with Crippen molar-refractivity contribution in [2.45, 2.75) is 6.54 Å². The average Bonchev–Trinajstić information content (AvgIpc) is 2.55. The topological polar surface area (TPSA) is 55.4 Å². The predicted molar refractivity (Wildman–Crippen MR) is 89.7 cm³/mol. The van der Waals surface area contributed by atoms with Crippen molar-refractivity contribution >= 4 is 34.6 Å². The number of benzene rings is 1. The number of pyridine rings is 1. The summed E-state index contributed by atoms with van der Waals surface area (Å²) in [5, 5.41) is 6.99. The maximum atomic E-state index is 5.97. The van der Waals surface area contributed by atoms with E-state index in [0.29, 0.717) is 35.7 Å². The summed E-state index contributed by atoms with van der Waals surface area (Å²) in [6.07, 6.45) is 1.62. The number of fused-ring (bicyclic) bond motifs is 1. The first-order valence-electron chi connectivity index (χ1n) is 6.76. The molecule has 0 saturated heterocycles. The van der Waals surface area contributed by atoms with Crippen molar-refractivity contribution < 1.29 is 9.47 Å². The molecule has 0 spiro atoms. The van der Waals surface area contributed by atoms with E-state index in [2.05, 4.69) is 15.6 Å². The van der Waals surface area contributed by atoms with Gasteiger partial charge in [-0.25, -0.2) is 4.98 Å². The molecule has 2 N–H and O–H groups in total. The Labute approximate surface area is 138 Å². The SMILES string of the molecule is S=C(NCc1ccc2c(c1)OCCO2)Nc1cccnc1Cl. The Morgan fingerprint density at radius 3 is 2.86 bits per heavy atom. The average molecular weight is 336 g/mol. The number of nitrogens with one attached hydrogen (secondary N) is 2. The number of halogens is 1. The molecular formula is C15H14ClN3O2S. The van der Waals surface area contributed by atoms with Crippen LogP contribution < -0.4 is 20.1 Å². The molecule has 0 amide bonds. The zero-order chi connectivity index (χ0) is 15.4. The molecule has 22 heavy (non-hydrogen) atoms. The third-order valence-electron chi connectivity index (χ3n) is 3.07. The summed E-state index contributed by atoms with van der Waals surface area (Å²) in [4.78, 5) is 3.98.